The largest absolute Gasteiger partial charge is 0.396 e. The molecule has 3 unspecified atom stereocenters. The minimum Gasteiger partial charge on any atom is -0.396 e. The normalized spacial score (nSPS) is 33.0. The maximum absolute atomic E-state index is 8.85. The molecule has 90 valence electrons. The van der Waals surface area contributed by atoms with E-state index >= 15 is 0 Å². The predicted molar refractivity (Wildman–Crippen MR) is 68.1 cm³/mol. The Bertz CT molecular complexity index is 191. The van der Waals surface area contributed by atoms with Gasteiger partial charge in [-0.1, -0.05) is 20.8 Å². The first kappa shape index (κ1) is 13.3. The fraction of sp³-hybridized carbons (Fsp3) is 1.00. The number of rotatable bonds is 3. The number of nitrogens with two attached hydrogens (primary N) is 1. The summed E-state index contributed by atoms with van der Waals surface area (Å²) in [4.78, 5) is 0. The molecule has 0 heterocycles. The Hall–Kier alpha value is 0.270. The Morgan fingerprint density at radius 2 is 2.00 bits per heavy atom. The van der Waals surface area contributed by atoms with Gasteiger partial charge in [0.2, 0.25) is 0 Å². The zero-order chi connectivity index (χ0) is 11.5. The highest BCUT2D eigenvalue weighted by Crippen LogP contribution is 2.40. The van der Waals surface area contributed by atoms with Crippen molar-refractivity contribution in [2.75, 3.05) is 12.4 Å². The smallest absolute Gasteiger partial charge is 0.0521 e. The molecule has 3 atom stereocenters. The Kier molecular flexibility index (Phi) is 4.94. The molecule has 1 aliphatic rings. The van der Waals surface area contributed by atoms with E-state index in [-0.39, 0.29) is 6.61 Å². The molecule has 0 aromatic carbocycles. The van der Waals surface area contributed by atoms with Crippen LogP contribution in [0.3, 0.4) is 0 Å². The van der Waals surface area contributed by atoms with Crippen molar-refractivity contribution in [1.29, 1.82) is 0 Å². The van der Waals surface area contributed by atoms with E-state index in [4.69, 9.17) is 10.8 Å². The molecule has 2 nitrogen and oxygen atoms in total. The van der Waals surface area contributed by atoms with Crippen molar-refractivity contribution >= 4 is 11.8 Å². The van der Waals surface area contributed by atoms with Crippen LogP contribution in [-0.2, 0) is 0 Å². The van der Waals surface area contributed by atoms with Crippen molar-refractivity contribution in [3.05, 3.63) is 0 Å². The van der Waals surface area contributed by atoms with E-state index < -0.39 is 0 Å². The summed E-state index contributed by atoms with van der Waals surface area (Å²) < 4.78 is 0. The highest BCUT2D eigenvalue weighted by atomic mass is 32.2. The molecule has 0 spiro atoms. The fourth-order valence-corrected chi connectivity index (χ4v) is 3.49. The van der Waals surface area contributed by atoms with Crippen molar-refractivity contribution in [1.82, 2.24) is 0 Å². The van der Waals surface area contributed by atoms with Gasteiger partial charge in [-0.15, -0.1) is 0 Å². The molecule has 3 N–H and O–H groups in total. The zero-order valence-electron chi connectivity index (χ0n) is 10.2. The van der Waals surface area contributed by atoms with Crippen LogP contribution in [0.5, 0.6) is 0 Å². The summed E-state index contributed by atoms with van der Waals surface area (Å²) in [6.45, 7) is 7.24. The fourth-order valence-electron chi connectivity index (χ4n) is 2.33. The maximum Gasteiger partial charge on any atom is 0.0521 e. The predicted octanol–water partition coefficient (Wildman–Crippen LogP) is 2.25. The van der Waals surface area contributed by atoms with E-state index in [0.717, 1.165) is 18.1 Å². The maximum atomic E-state index is 8.85. The first-order chi connectivity index (χ1) is 6.95. The molecule has 1 fully saturated rings. The Morgan fingerprint density at radius 3 is 2.53 bits per heavy atom. The van der Waals surface area contributed by atoms with E-state index in [0.29, 0.717) is 16.7 Å². The Morgan fingerprint density at radius 1 is 1.33 bits per heavy atom. The van der Waals surface area contributed by atoms with E-state index in [1.165, 1.54) is 12.8 Å². The first-order valence-corrected chi connectivity index (χ1v) is 6.98. The Balaban J connectivity index is 2.48. The van der Waals surface area contributed by atoms with Crippen LogP contribution in [0, 0.1) is 11.3 Å². The summed E-state index contributed by atoms with van der Waals surface area (Å²) in [6, 6.07) is 0.333. The van der Waals surface area contributed by atoms with Crippen LogP contribution in [0.25, 0.3) is 0 Å². The Labute approximate surface area is 98.0 Å². The number of hydrogen-bond acceptors (Lipinski definition) is 3. The van der Waals surface area contributed by atoms with E-state index in [2.05, 4.69) is 20.8 Å². The topological polar surface area (TPSA) is 46.2 Å². The van der Waals surface area contributed by atoms with Gasteiger partial charge < -0.3 is 10.8 Å². The molecule has 1 aliphatic carbocycles. The minimum atomic E-state index is 0.272. The monoisotopic (exact) mass is 231 g/mol. The molecule has 0 aromatic heterocycles. The van der Waals surface area contributed by atoms with Gasteiger partial charge in [0.15, 0.2) is 0 Å². The van der Waals surface area contributed by atoms with Gasteiger partial charge in [0.1, 0.15) is 0 Å². The first-order valence-electron chi connectivity index (χ1n) is 5.93. The highest BCUT2D eigenvalue weighted by molar-refractivity contribution is 7.99. The standard InChI is InChI=1S/C12H25NOS/c1-12(2,3)9-4-5-10(13)11(8-9)15-7-6-14/h9-11,14H,4-8,13H2,1-3H3. The molecule has 0 aromatic rings. The molecular formula is C12H25NOS. The van der Waals surface area contributed by atoms with Crippen LogP contribution in [0.15, 0.2) is 0 Å². The quantitative estimate of drug-likeness (QED) is 0.783. The third-order valence-electron chi connectivity index (χ3n) is 3.49. The molecule has 15 heavy (non-hydrogen) atoms. The van der Waals surface area contributed by atoms with Gasteiger partial charge in [0.05, 0.1) is 6.61 Å². The van der Waals surface area contributed by atoms with Gasteiger partial charge >= 0.3 is 0 Å². The average molecular weight is 231 g/mol. The molecule has 0 saturated heterocycles. The molecule has 0 radical (unpaired) electrons. The lowest BCUT2D eigenvalue weighted by atomic mass is 9.71. The average Bonchev–Trinajstić information content (AvgIpc) is 2.15. The number of hydrogen-bond donors (Lipinski definition) is 2. The van der Waals surface area contributed by atoms with Crippen molar-refractivity contribution in [2.45, 2.75) is 51.3 Å². The molecule has 0 bridgehead atoms. The van der Waals surface area contributed by atoms with Crippen LogP contribution in [-0.4, -0.2) is 28.8 Å². The van der Waals surface area contributed by atoms with Gasteiger partial charge in [-0.2, -0.15) is 11.8 Å². The molecule has 1 rings (SSSR count). The van der Waals surface area contributed by atoms with Crippen molar-refractivity contribution in [3.8, 4) is 0 Å². The summed E-state index contributed by atoms with van der Waals surface area (Å²) in [5, 5.41) is 9.40. The van der Waals surface area contributed by atoms with Crippen LogP contribution < -0.4 is 5.73 Å². The third kappa shape index (κ3) is 3.97. The van der Waals surface area contributed by atoms with Gasteiger partial charge in [-0.05, 0) is 30.6 Å². The lowest BCUT2D eigenvalue weighted by Gasteiger charge is -2.40. The lowest BCUT2D eigenvalue weighted by molar-refractivity contribution is 0.174. The van der Waals surface area contributed by atoms with Crippen LogP contribution in [0.1, 0.15) is 40.0 Å². The second-order valence-corrected chi connectivity index (χ2v) is 7.02. The number of aliphatic hydroxyl groups is 1. The van der Waals surface area contributed by atoms with Gasteiger partial charge in [0.25, 0.3) is 0 Å². The van der Waals surface area contributed by atoms with Crippen molar-refractivity contribution in [2.24, 2.45) is 17.1 Å². The lowest BCUT2D eigenvalue weighted by Crippen LogP contribution is -2.41. The second kappa shape index (κ2) is 5.55. The van der Waals surface area contributed by atoms with Crippen LogP contribution in [0.2, 0.25) is 0 Å². The summed E-state index contributed by atoms with van der Waals surface area (Å²) in [5.74, 6) is 1.61. The summed E-state index contributed by atoms with van der Waals surface area (Å²) in [7, 11) is 0. The molecule has 3 heteroatoms. The van der Waals surface area contributed by atoms with Crippen LogP contribution >= 0.6 is 11.8 Å². The summed E-state index contributed by atoms with van der Waals surface area (Å²) >= 11 is 1.85. The van der Waals surface area contributed by atoms with E-state index in [1.54, 1.807) is 0 Å². The van der Waals surface area contributed by atoms with Crippen molar-refractivity contribution < 1.29 is 5.11 Å². The molecular weight excluding hydrogens is 206 g/mol. The van der Waals surface area contributed by atoms with Crippen molar-refractivity contribution in [3.63, 3.8) is 0 Å². The number of thioether (sulfide) groups is 1. The number of aliphatic hydroxyl groups excluding tert-OH is 1. The minimum absolute atomic E-state index is 0.272. The van der Waals surface area contributed by atoms with Gasteiger partial charge in [-0.25, -0.2) is 0 Å². The van der Waals surface area contributed by atoms with E-state index in [1.807, 2.05) is 11.8 Å². The SMILES string of the molecule is CC(C)(C)C1CCC(N)C(SCCO)C1. The van der Waals surface area contributed by atoms with E-state index in [9.17, 15) is 0 Å². The van der Waals surface area contributed by atoms with Crippen LogP contribution in [0.4, 0.5) is 0 Å². The summed E-state index contributed by atoms with van der Waals surface area (Å²) in [6.07, 6.45) is 3.63. The molecule has 1 saturated carbocycles. The molecule has 0 aliphatic heterocycles. The molecule has 0 amide bonds. The second-order valence-electron chi connectivity index (χ2n) is 5.67. The van der Waals surface area contributed by atoms with Gasteiger partial charge in [0, 0.05) is 17.0 Å². The van der Waals surface area contributed by atoms with Gasteiger partial charge in [-0.3, -0.25) is 0 Å². The summed E-state index contributed by atoms with van der Waals surface area (Å²) in [5.41, 5.74) is 6.52. The highest BCUT2D eigenvalue weighted by Gasteiger charge is 2.34. The third-order valence-corrected chi connectivity index (χ3v) is 4.88. The zero-order valence-corrected chi connectivity index (χ0v) is 11.0.